The molecule has 18 heavy (non-hydrogen) atoms. The first-order valence-electron chi connectivity index (χ1n) is 5.88. The van der Waals surface area contributed by atoms with Gasteiger partial charge in [0.15, 0.2) is 0 Å². The fourth-order valence-electron chi connectivity index (χ4n) is 2.21. The van der Waals surface area contributed by atoms with Crippen LogP contribution >= 0.6 is 23.5 Å². The summed E-state index contributed by atoms with van der Waals surface area (Å²) >= 11 is 3.75. The topological polar surface area (TPSA) is 0 Å². The SMILES string of the molecule is c1ccc2c(c1)Sc1cc3ccccc3cc1S2. The zero-order valence-corrected chi connectivity index (χ0v) is 11.2. The molecule has 1 aliphatic rings. The van der Waals surface area contributed by atoms with Gasteiger partial charge in [0.2, 0.25) is 0 Å². The van der Waals surface area contributed by atoms with E-state index in [1.54, 1.807) is 0 Å². The minimum Gasteiger partial charge on any atom is -0.0877 e. The van der Waals surface area contributed by atoms with Gasteiger partial charge in [0.25, 0.3) is 0 Å². The Morgan fingerprint density at radius 3 is 1.44 bits per heavy atom. The maximum absolute atomic E-state index is 2.30. The van der Waals surface area contributed by atoms with E-state index in [0.717, 1.165) is 0 Å². The van der Waals surface area contributed by atoms with E-state index in [0.29, 0.717) is 0 Å². The molecule has 86 valence electrons. The van der Waals surface area contributed by atoms with Crippen LogP contribution in [0.25, 0.3) is 10.8 Å². The summed E-state index contributed by atoms with van der Waals surface area (Å²) in [7, 11) is 0. The van der Waals surface area contributed by atoms with E-state index in [-0.39, 0.29) is 0 Å². The fourth-order valence-corrected chi connectivity index (χ4v) is 4.51. The molecule has 0 amide bonds. The van der Waals surface area contributed by atoms with Crippen LogP contribution in [0.2, 0.25) is 0 Å². The first kappa shape index (κ1) is 10.5. The van der Waals surface area contributed by atoms with Crippen LogP contribution < -0.4 is 0 Å². The van der Waals surface area contributed by atoms with Gasteiger partial charge in [-0.3, -0.25) is 0 Å². The second-order valence-corrected chi connectivity index (χ2v) is 6.46. The highest BCUT2D eigenvalue weighted by Crippen LogP contribution is 2.49. The Morgan fingerprint density at radius 1 is 0.500 bits per heavy atom. The van der Waals surface area contributed by atoms with Crippen LogP contribution in [0.4, 0.5) is 0 Å². The first-order chi connectivity index (χ1) is 8.90. The number of hydrogen-bond donors (Lipinski definition) is 0. The summed E-state index contributed by atoms with van der Waals surface area (Å²) in [5.41, 5.74) is 0. The number of rotatable bonds is 0. The smallest absolute Gasteiger partial charge is 0.0268 e. The van der Waals surface area contributed by atoms with Crippen molar-refractivity contribution in [2.75, 3.05) is 0 Å². The lowest BCUT2D eigenvalue weighted by Gasteiger charge is -2.18. The Bertz CT molecular complexity index is 683. The second kappa shape index (κ2) is 4.08. The molecule has 3 aromatic carbocycles. The summed E-state index contributed by atoms with van der Waals surface area (Å²) in [6.07, 6.45) is 0. The summed E-state index contributed by atoms with van der Waals surface area (Å²) in [5, 5.41) is 2.65. The van der Waals surface area contributed by atoms with E-state index in [1.807, 2.05) is 23.5 Å². The molecule has 0 nitrogen and oxygen atoms in total. The first-order valence-corrected chi connectivity index (χ1v) is 7.51. The molecule has 0 fully saturated rings. The molecule has 0 unspecified atom stereocenters. The number of benzene rings is 3. The van der Waals surface area contributed by atoms with Crippen molar-refractivity contribution >= 4 is 34.3 Å². The maximum Gasteiger partial charge on any atom is 0.0268 e. The van der Waals surface area contributed by atoms with Crippen molar-refractivity contribution in [1.29, 1.82) is 0 Å². The molecular weight excluding hydrogens is 256 g/mol. The average Bonchev–Trinajstić information content (AvgIpc) is 2.42. The number of hydrogen-bond acceptors (Lipinski definition) is 2. The Hall–Kier alpha value is -1.38. The second-order valence-electron chi connectivity index (χ2n) is 4.30. The van der Waals surface area contributed by atoms with Gasteiger partial charge in [-0.25, -0.2) is 0 Å². The molecule has 0 aliphatic carbocycles. The van der Waals surface area contributed by atoms with Crippen molar-refractivity contribution in [3.63, 3.8) is 0 Å². The molecule has 3 aromatic rings. The highest BCUT2D eigenvalue weighted by Gasteiger charge is 2.16. The lowest BCUT2D eigenvalue weighted by Crippen LogP contribution is -1.89. The molecule has 2 heteroatoms. The minimum absolute atomic E-state index is 1.32. The van der Waals surface area contributed by atoms with Crippen LogP contribution in [0.5, 0.6) is 0 Å². The monoisotopic (exact) mass is 266 g/mol. The van der Waals surface area contributed by atoms with Gasteiger partial charge in [0.05, 0.1) is 0 Å². The zero-order valence-electron chi connectivity index (χ0n) is 9.59. The van der Waals surface area contributed by atoms with Crippen molar-refractivity contribution in [2.45, 2.75) is 19.6 Å². The summed E-state index contributed by atoms with van der Waals surface area (Å²) in [6.45, 7) is 0. The molecule has 0 N–H and O–H groups in total. The van der Waals surface area contributed by atoms with Crippen molar-refractivity contribution in [2.24, 2.45) is 0 Å². The van der Waals surface area contributed by atoms with Crippen LogP contribution in [0, 0.1) is 0 Å². The van der Waals surface area contributed by atoms with Gasteiger partial charge in [-0.05, 0) is 35.0 Å². The third-order valence-corrected chi connectivity index (χ3v) is 5.63. The molecule has 0 atom stereocenters. The predicted molar refractivity (Wildman–Crippen MR) is 78.6 cm³/mol. The fraction of sp³-hybridized carbons (Fsp3) is 0. The third kappa shape index (κ3) is 1.64. The van der Waals surface area contributed by atoms with E-state index in [2.05, 4.69) is 60.7 Å². The summed E-state index contributed by atoms with van der Waals surface area (Å²) in [5.74, 6) is 0. The summed E-state index contributed by atoms with van der Waals surface area (Å²) in [6, 6.07) is 21.8. The molecule has 0 saturated heterocycles. The van der Waals surface area contributed by atoms with Crippen LogP contribution in [-0.2, 0) is 0 Å². The lowest BCUT2D eigenvalue weighted by molar-refractivity contribution is 1.17. The summed E-state index contributed by atoms with van der Waals surface area (Å²) < 4.78 is 0. The quantitative estimate of drug-likeness (QED) is 0.415. The normalized spacial score (nSPS) is 13.1. The Balaban J connectivity index is 1.92. The van der Waals surface area contributed by atoms with E-state index in [9.17, 15) is 0 Å². The van der Waals surface area contributed by atoms with Crippen molar-refractivity contribution in [1.82, 2.24) is 0 Å². The van der Waals surface area contributed by atoms with Crippen molar-refractivity contribution < 1.29 is 0 Å². The molecule has 0 radical (unpaired) electrons. The van der Waals surface area contributed by atoms with Gasteiger partial charge in [-0.1, -0.05) is 59.9 Å². The molecule has 0 saturated carbocycles. The largest absolute Gasteiger partial charge is 0.0877 e. The van der Waals surface area contributed by atoms with E-state index in [4.69, 9.17) is 0 Å². The van der Waals surface area contributed by atoms with Crippen LogP contribution in [0.15, 0.2) is 80.2 Å². The van der Waals surface area contributed by atoms with E-state index < -0.39 is 0 Å². The maximum atomic E-state index is 2.30. The molecule has 4 rings (SSSR count). The van der Waals surface area contributed by atoms with Gasteiger partial charge < -0.3 is 0 Å². The van der Waals surface area contributed by atoms with Crippen molar-refractivity contribution in [3.05, 3.63) is 60.7 Å². The highest BCUT2D eigenvalue weighted by molar-refractivity contribution is 8.05. The lowest BCUT2D eigenvalue weighted by atomic mass is 10.1. The number of fused-ring (bicyclic) bond motifs is 3. The Morgan fingerprint density at radius 2 is 0.944 bits per heavy atom. The third-order valence-electron chi connectivity index (χ3n) is 3.10. The zero-order chi connectivity index (χ0) is 11.9. The molecule has 1 heterocycles. The van der Waals surface area contributed by atoms with Crippen LogP contribution in [-0.4, -0.2) is 0 Å². The minimum atomic E-state index is 1.32. The van der Waals surface area contributed by atoms with Crippen molar-refractivity contribution in [3.8, 4) is 0 Å². The van der Waals surface area contributed by atoms with Gasteiger partial charge in [-0.15, -0.1) is 0 Å². The van der Waals surface area contributed by atoms with E-state index >= 15 is 0 Å². The molecule has 0 spiro atoms. The Kier molecular flexibility index (Phi) is 2.39. The van der Waals surface area contributed by atoms with Crippen LogP contribution in [0.3, 0.4) is 0 Å². The Labute approximate surface area is 114 Å². The molecular formula is C16H10S2. The molecule has 1 aliphatic heterocycles. The van der Waals surface area contributed by atoms with Crippen LogP contribution in [0.1, 0.15) is 0 Å². The average molecular weight is 266 g/mol. The molecule has 0 aromatic heterocycles. The predicted octanol–water partition coefficient (Wildman–Crippen LogP) is 5.46. The van der Waals surface area contributed by atoms with Gasteiger partial charge in [0, 0.05) is 19.6 Å². The van der Waals surface area contributed by atoms with Gasteiger partial charge >= 0.3 is 0 Å². The van der Waals surface area contributed by atoms with E-state index in [1.165, 1.54) is 30.4 Å². The highest BCUT2D eigenvalue weighted by atomic mass is 32.2. The standard InChI is InChI=1S/C16H10S2/c1-2-6-12-10-16-15(9-11(12)5-1)17-13-7-3-4-8-14(13)18-16/h1-10H. The summed E-state index contributed by atoms with van der Waals surface area (Å²) in [4.78, 5) is 5.48. The van der Waals surface area contributed by atoms with Gasteiger partial charge in [0.1, 0.15) is 0 Å². The van der Waals surface area contributed by atoms with Gasteiger partial charge in [-0.2, -0.15) is 0 Å². The molecule has 0 bridgehead atoms.